The fourth-order valence-electron chi connectivity index (χ4n) is 8.23. The van der Waals surface area contributed by atoms with Crippen molar-refractivity contribution >= 4 is 19.8 Å². The average Bonchev–Trinajstić information content (AvgIpc) is 3.31. The normalized spacial score (nSPS) is 28.1. The summed E-state index contributed by atoms with van der Waals surface area (Å²) in [5.74, 6) is -1.23. The molecule has 67 heavy (non-hydrogen) atoms. The molecule has 13 atom stereocenters. The molecule has 0 aromatic carbocycles. The lowest BCUT2D eigenvalue weighted by molar-refractivity contribution is -0.338. The van der Waals surface area contributed by atoms with Crippen molar-refractivity contribution in [3.63, 3.8) is 0 Å². The number of phosphoric acid groups is 1. The van der Waals surface area contributed by atoms with Gasteiger partial charge in [0.25, 0.3) is 0 Å². The summed E-state index contributed by atoms with van der Waals surface area (Å²) in [4.78, 5) is 36.5. The first kappa shape index (κ1) is 61.5. The van der Waals surface area contributed by atoms with Gasteiger partial charge >= 0.3 is 19.8 Å². The first-order chi connectivity index (χ1) is 32.2. The van der Waals surface area contributed by atoms with Crippen molar-refractivity contribution < 1.29 is 87.9 Å². The molecule has 2 fully saturated rings. The fourth-order valence-corrected chi connectivity index (χ4v) is 9.20. The van der Waals surface area contributed by atoms with Gasteiger partial charge in [-0.3, -0.25) is 18.6 Å². The molecule has 1 saturated carbocycles. The van der Waals surface area contributed by atoms with E-state index < -0.39 is 113 Å². The summed E-state index contributed by atoms with van der Waals surface area (Å²) < 4.78 is 45.4. The van der Waals surface area contributed by atoms with Gasteiger partial charge in [-0.15, -0.1) is 0 Å². The van der Waals surface area contributed by atoms with Gasteiger partial charge in [-0.05, 0) is 38.5 Å². The zero-order valence-electron chi connectivity index (χ0n) is 40.4. The minimum absolute atomic E-state index is 0.0155. The van der Waals surface area contributed by atoms with Crippen molar-refractivity contribution in [2.24, 2.45) is 0 Å². The third kappa shape index (κ3) is 25.4. The maximum atomic E-state index is 13.4. The van der Waals surface area contributed by atoms with Gasteiger partial charge in [-0.1, -0.05) is 148 Å². The lowest BCUT2D eigenvalue weighted by atomic mass is 9.84. The molecule has 0 aromatic rings. The lowest BCUT2D eigenvalue weighted by Crippen LogP contribution is -2.67. The molecule has 1 saturated heterocycles. The molecule has 9 N–H and O–H groups in total. The van der Waals surface area contributed by atoms with Gasteiger partial charge in [-0.25, -0.2) is 4.57 Å². The van der Waals surface area contributed by atoms with Crippen LogP contribution in [0.15, 0.2) is 12.2 Å². The summed E-state index contributed by atoms with van der Waals surface area (Å²) in [7, 11) is -5.37. The number of carbonyl (C=O) groups excluding carboxylic acids is 2. The maximum Gasteiger partial charge on any atom is 0.472 e. The Balaban J connectivity index is 1.95. The van der Waals surface area contributed by atoms with Crippen LogP contribution in [0.1, 0.15) is 187 Å². The van der Waals surface area contributed by atoms with Crippen LogP contribution in [0, 0.1) is 0 Å². The molecule has 1 aliphatic heterocycles. The van der Waals surface area contributed by atoms with E-state index in [4.69, 9.17) is 28.0 Å². The number of allylic oxidation sites excluding steroid dienone is 2. The molecule has 0 bridgehead atoms. The molecule has 0 spiro atoms. The highest BCUT2D eigenvalue weighted by atomic mass is 31.2. The van der Waals surface area contributed by atoms with Crippen molar-refractivity contribution in [3.8, 4) is 0 Å². The Bertz CT molecular complexity index is 1360. The standard InChI is InChI=1S/C48H89O18P/c1-3-5-7-9-11-13-15-17-19-20-22-24-26-28-30-37(50)61-33-35(63-38(51)31-29-27-25-23-21-18-16-14-12-10-8-6-4-2)34-62-67(59,60)66-47-44(57)42(55)41(54)43(56)46(47)65-48-45(58)40(53)39(52)36(32-49)64-48/h18,21,35-36,39-49,52-58H,3-17,19-20,22-34H2,1-2H3,(H,59,60). The van der Waals surface area contributed by atoms with Crippen molar-refractivity contribution in [2.45, 2.75) is 261 Å². The van der Waals surface area contributed by atoms with Crippen molar-refractivity contribution in [3.05, 3.63) is 12.2 Å². The third-order valence-electron chi connectivity index (χ3n) is 12.5. The molecule has 394 valence electrons. The van der Waals surface area contributed by atoms with Crippen LogP contribution in [0.2, 0.25) is 0 Å². The third-order valence-corrected chi connectivity index (χ3v) is 13.5. The number of ether oxygens (including phenoxy) is 4. The molecule has 1 aliphatic carbocycles. The van der Waals surface area contributed by atoms with Crippen LogP contribution in [0.25, 0.3) is 0 Å². The number of aliphatic hydroxyl groups excluding tert-OH is 8. The van der Waals surface area contributed by atoms with Gasteiger partial charge in [0.2, 0.25) is 0 Å². The topological polar surface area (TPSA) is 289 Å². The van der Waals surface area contributed by atoms with Crippen LogP contribution in [0.4, 0.5) is 0 Å². The van der Waals surface area contributed by atoms with Crippen LogP contribution in [-0.4, -0.2) is 151 Å². The predicted octanol–water partition coefficient (Wildman–Crippen LogP) is 5.71. The second-order valence-corrected chi connectivity index (χ2v) is 19.8. The number of aliphatic hydroxyl groups is 8. The largest absolute Gasteiger partial charge is 0.472 e. The monoisotopic (exact) mass is 985 g/mol. The van der Waals surface area contributed by atoms with Gasteiger partial charge in [0.1, 0.15) is 67.6 Å². The van der Waals surface area contributed by atoms with Gasteiger partial charge < -0.3 is 64.7 Å². The van der Waals surface area contributed by atoms with E-state index in [0.717, 1.165) is 51.4 Å². The number of carbonyl (C=O) groups is 2. The molecule has 18 nitrogen and oxygen atoms in total. The number of esters is 2. The molecular weight excluding hydrogens is 895 g/mol. The predicted molar refractivity (Wildman–Crippen MR) is 249 cm³/mol. The minimum Gasteiger partial charge on any atom is -0.462 e. The highest BCUT2D eigenvalue weighted by Crippen LogP contribution is 2.48. The highest BCUT2D eigenvalue weighted by Gasteiger charge is 2.55. The first-order valence-corrected chi connectivity index (χ1v) is 27.0. The average molecular weight is 985 g/mol. The van der Waals surface area contributed by atoms with Crippen LogP contribution in [0.5, 0.6) is 0 Å². The summed E-state index contributed by atoms with van der Waals surface area (Å²) in [5, 5.41) is 82.9. The van der Waals surface area contributed by atoms with E-state index in [0.29, 0.717) is 12.8 Å². The molecule has 2 aliphatic rings. The Morgan fingerprint density at radius 2 is 0.985 bits per heavy atom. The van der Waals surface area contributed by atoms with Gasteiger partial charge in [-0.2, -0.15) is 0 Å². The summed E-state index contributed by atoms with van der Waals surface area (Å²) in [6.45, 7) is 2.21. The fraction of sp³-hybridized carbons (Fsp3) is 0.917. The summed E-state index contributed by atoms with van der Waals surface area (Å²) in [6, 6.07) is 0. The Kier molecular flexibility index (Phi) is 33.4. The number of hydrogen-bond acceptors (Lipinski definition) is 17. The van der Waals surface area contributed by atoms with Crippen molar-refractivity contribution in [1.29, 1.82) is 0 Å². The Labute approximate surface area is 399 Å². The Morgan fingerprint density at radius 1 is 0.552 bits per heavy atom. The van der Waals surface area contributed by atoms with Crippen LogP contribution >= 0.6 is 7.82 Å². The summed E-state index contributed by atoms with van der Waals surface area (Å²) >= 11 is 0. The van der Waals surface area contributed by atoms with E-state index >= 15 is 0 Å². The highest BCUT2D eigenvalue weighted by molar-refractivity contribution is 7.47. The number of phosphoric ester groups is 1. The molecule has 0 radical (unpaired) electrons. The number of hydrogen-bond donors (Lipinski definition) is 9. The van der Waals surface area contributed by atoms with Crippen LogP contribution < -0.4 is 0 Å². The molecule has 13 unspecified atom stereocenters. The Morgan fingerprint density at radius 3 is 1.49 bits per heavy atom. The number of unbranched alkanes of at least 4 members (excludes halogenated alkanes) is 22. The summed E-state index contributed by atoms with van der Waals surface area (Å²) in [5.41, 5.74) is 0. The van der Waals surface area contributed by atoms with Gasteiger partial charge in [0.05, 0.1) is 13.2 Å². The van der Waals surface area contributed by atoms with Crippen molar-refractivity contribution in [2.75, 3.05) is 19.8 Å². The van der Waals surface area contributed by atoms with E-state index in [2.05, 4.69) is 26.0 Å². The minimum atomic E-state index is -5.37. The van der Waals surface area contributed by atoms with E-state index in [1.54, 1.807) is 0 Å². The van der Waals surface area contributed by atoms with Crippen LogP contribution in [0.3, 0.4) is 0 Å². The molecule has 19 heteroatoms. The molecule has 0 aromatic heterocycles. The van der Waals surface area contributed by atoms with E-state index in [1.165, 1.54) is 96.3 Å². The lowest BCUT2D eigenvalue weighted by Gasteiger charge is -2.47. The van der Waals surface area contributed by atoms with Gasteiger partial charge in [0, 0.05) is 12.8 Å². The zero-order valence-corrected chi connectivity index (χ0v) is 41.3. The number of rotatable bonds is 39. The maximum absolute atomic E-state index is 13.4. The second-order valence-electron chi connectivity index (χ2n) is 18.4. The Hall–Kier alpha value is -1.61. The zero-order chi connectivity index (χ0) is 49.5. The smallest absolute Gasteiger partial charge is 0.462 e. The molecule has 0 amide bonds. The molecular formula is C48H89O18P. The second kappa shape index (κ2) is 36.3. The van der Waals surface area contributed by atoms with Crippen LogP contribution in [-0.2, 0) is 42.1 Å². The molecule has 1 heterocycles. The molecule has 2 rings (SSSR count). The summed E-state index contributed by atoms with van der Waals surface area (Å²) in [6.07, 6.45) is 8.71. The SMILES string of the molecule is CCCCCCCCC=CCCCCCC(=O)OC(COC(=O)CCCCCCCCCCCCCCCC)COP(=O)(O)OC1C(O)C(O)C(O)C(O)C1OC1OC(CO)C(O)C(O)C1O. The van der Waals surface area contributed by atoms with Gasteiger partial charge in [0.15, 0.2) is 12.4 Å². The quantitative estimate of drug-likeness (QED) is 0.0154. The first-order valence-electron chi connectivity index (χ1n) is 25.5. The van der Waals surface area contributed by atoms with E-state index in [1.807, 2.05) is 0 Å². The van der Waals surface area contributed by atoms with E-state index in [-0.39, 0.29) is 12.8 Å². The van der Waals surface area contributed by atoms with Crippen molar-refractivity contribution in [1.82, 2.24) is 0 Å². The van der Waals surface area contributed by atoms with E-state index in [9.17, 15) is 59.9 Å².